The minimum absolute atomic E-state index is 0. The molecular formula is C8H18ClN3O4. The Morgan fingerprint density at radius 2 is 1.75 bits per heavy atom. The maximum atomic E-state index is 11.2. The molecule has 0 aromatic heterocycles. The molecule has 0 heterocycles. The first-order valence-corrected chi connectivity index (χ1v) is 4.37. The molecule has 0 aliphatic rings. The molecule has 0 aromatic rings. The van der Waals surface area contributed by atoms with Crippen LogP contribution in [0.15, 0.2) is 0 Å². The lowest BCUT2D eigenvalue weighted by Gasteiger charge is -2.23. The molecule has 1 amide bonds. The summed E-state index contributed by atoms with van der Waals surface area (Å²) in [5.41, 5.74) is 9.65. The average molecular weight is 256 g/mol. The number of carbonyl (C=O) groups is 2. The Labute approximate surface area is 99.9 Å². The number of hydrogen-bond donors (Lipinski definition) is 4. The third-order valence-corrected chi connectivity index (χ3v) is 1.32. The lowest BCUT2D eigenvalue weighted by molar-refractivity contribution is -0.140. The van der Waals surface area contributed by atoms with Gasteiger partial charge < -0.3 is 26.6 Å². The predicted octanol–water partition coefficient (Wildman–Crippen LogP) is -0.370. The van der Waals surface area contributed by atoms with E-state index in [1.54, 1.807) is 20.8 Å². The first-order chi connectivity index (χ1) is 6.63. The molecule has 96 valence electrons. The second-order valence-corrected chi connectivity index (χ2v) is 4.04. The number of hydrogen-bond acceptors (Lipinski definition) is 5. The number of rotatable bonds is 3. The lowest BCUT2D eigenvalue weighted by atomic mass is 10.2. The molecule has 16 heavy (non-hydrogen) atoms. The van der Waals surface area contributed by atoms with Crippen LogP contribution < -0.4 is 16.8 Å². The Balaban J connectivity index is 0. The number of carboxylic acids is 1. The molecule has 6 N–H and O–H groups in total. The van der Waals surface area contributed by atoms with Gasteiger partial charge in [-0.15, -0.1) is 12.4 Å². The first kappa shape index (κ1) is 17.3. The zero-order valence-electron chi connectivity index (χ0n) is 9.39. The zero-order valence-corrected chi connectivity index (χ0v) is 10.2. The highest BCUT2D eigenvalue weighted by Crippen LogP contribution is 2.06. The summed E-state index contributed by atoms with van der Waals surface area (Å²) < 4.78 is 4.84. The Bertz CT molecular complexity index is 252. The largest absolute Gasteiger partial charge is 0.480 e. The minimum atomic E-state index is -1.36. The molecular weight excluding hydrogens is 238 g/mol. The first-order valence-electron chi connectivity index (χ1n) is 4.37. The van der Waals surface area contributed by atoms with E-state index in [0.29, 0.717) is 0 Å². The molecule has 8 heteroatoms. The summed E-state index contributed by atoms with van der Waals surface area (Å²) >= 11 is 0. The number of nitrogens with two attached hydrogens (primary N) is 2. The van der Waals surface area contributed by atoms with E-state index in [2.05, 4.69) is 5.32 Å². The molecule has 0 rings (SSSR count). The van der Waals surface area contributed by atoms with Gasteiger partial charge in [-0.25, -0.2) is 9.59 Å². The van der Waals surface area contributed by atoms with E-state index in [1.165, 1.54) is 0 Å². The van der Waals surface area contributed by atoms with Gasteiger partial charge in [-0.3, -0.25) is 0 Å². The van der Waals surface area contributed by atoms with Crippen molar-refractivity contribution in [2.75, 3.05) is 0 Å². The van der Waals surface area contributed by atoms with E-state index in [4.69, 9.17) is 21.3 Å². The molecule has 0 aromatic carbocycles. The highest BCUT2D eigenvalue weighted by Gasteiger charge is 2.26. The van der Waals surface area contributed by atoms with Crippen LogP contribution in [0.5, 0.6) is 0 Å². The van der Waals surface area contributed by atoms with Gasteiger partial charge in [0.05, 0.1) is 6.17 Å². The third kappa shape index (κ3) is 7.27. The number of amides is 1. The van der Waals surface area contributed by atoms with Crippen LogP contribution in [0.4, 0.5) is 4.79 Å². The van der Waals surface area contributed by atoms with E-state index >= 15 is 0 Å². The topological polar surface area (TPSA) is 128 Å². The molecule has 1 atom stereocenters. The van der Waals surface area contributed by atoms with Crippen molar-refractivity contribution in [3.63, 3.8) is 0 Å². The van der Waals surface area contributed by atoms with Crippen LogP contribution in [0.25, 0.3) is 0 Å². The quantitative estimate of drug-likeness (QED) is 0.510. The number of ether oxygens (including phenoxy) is 1. The molecule has 0 saturated heterocycles. The molecule has 7 nitrogen and oxygen atoms in total. The molecule has 0 bridgehead atoms. The monoisotopic (exact) mass is 255 g/mol. The van der Waals surface area contributed by atoms with Crippen LogP contribution in [-0.4, -0.2) is 35.0 Å². The maximum Gasteiger partial charge on any atom is 0.408 e. The second kappa shape index (κ2) is 6.51. The van der Waals surface area contributed by atoms with Gasteiger partial charge in [-0.1, -0.05) is 0 Å². The Kier molecular flexibility index (Phi) is 7.06. The van der Waals surface area contributed by atoms with Crippen molar-refractivity contribution in [2.45, 2.75) is 38.6 Å². The molecule has 0 saturated carbocycles. The fourth-order valence-electron chi connectivity index (χ4n) is 0.757. The van der Waals surface area contributed by atoms with Crippen LogP contribution >= 0.6 is 12.4 Å². The van der Waals surface area contributed by atoms with Crippen LogP contribution in [0, 0.1) is 0 Å². The van der Waals surface area contributed by atoms with E-state index in [9.17, 15) is 9.59 Å². The van der Waals surface area contributed by atoms with Crippen molar-refractivity contribution >= 4 is 24.5 Å². The minimum Gasteiger partial charge on any atom is -0.480 e. The predicted molar refractivity (Wildman–Crippen MR) is 60.2 cm³/mol. The number of alkyl carbamates (subject to hydrolysis) is 1. The SMILES string of the molecule is CC(C)(C)OC(=O)N[C@H](C(=O)O)C(N)N.Cl. The number of carbonyl (C=O) groups excluding carboxylic acids is 1. The fourth-order valence-corrected chi connectivity index (χ4v) is 0.757. The van der Waals surface area contributed by atoms with Crippen molar-refractivity contribution in [3.05, 3.63) is 0 Å². The number of halogens is 1. The van der Waals surface area contributed by atoms with Gasteiger partial charge >= 0.3 is 12.1 Å². The molecule has 0 aliphatic carbocycles. The fraction of sp³-hybridized carbons (Fsp3) is 0.750. The van der Waals surface area contributed by atoms with Crippen LogP contribution in [0.2, 0.25) is 0 Å². The van der Waals surface area contributed by atoms with Gasteiger partial charge in [-0.05, 0) is 20.8 Å². The zero-order chi connectivity index (χ0) is 12.2. The number of carboxylic acid groups (broad SMARTS) is 1. The number of nitrogens with one attached hydrogen (secondary N) is 1. The Morgan fingerprint density at radius 3 is 2.00 bits per heavy atom. The van der Waals surface area contributed by atoms with Crippen molar-refractivity contribution in [1.82, 2.24) is 5.32 Å². The Morgan fingerprint density at radius 1 is 1.31 bits per heavy atom. The van der Waals surface area contributed by atoms with Crippen molar-refractivity contribution < 1.29 is 19.4 Å². The molecule has 0 unspecified atom stereocenters. The van der Waals surface area contributed by atoms with E-state index in [0.717, 1.165) is 0 Å². The summed E-state index contributed by atoms with van der Waals surface area (Å²) in [5, 5.41) is 10.7. The third-order valence-electron chi connectivity index (χ3n) is 1.32. The summed E-state index contributed by atoms with van der Waals surface area (Å²) in [5.74, 6) is -1.31. The normalized spacial score (nSPS) is 12.6. The molecule has 0 fully saturated rings. The maximum absolute atomic E-state index is 11.2. The molecule has 0 aliphatic heterocycles. The van der Waals surface area contributed by atoms with Crippen molar-refractivity contribution in [3.8, 4) is 0 Å². The van der Waals surface area contributed by atoms with Crippen molar-refractivity contribution in [1.29, 1.82) is 0 Å². The highest BCUT2D eigenvalue weighted by atomic mass is 35.5. The summed E-state index contributed by atoms with van der Waals surface area (Å²) in [6, 6.07) is -1.36. The standard InChI is InChI=1S/C8H17N3O4.ClH/c1-8(2,3)15-7(14)11-4(5(9)10)6(12)13;/h4-5H,9-10H2,1-3H3,(H,11,14)(H,12,13);1H/t4-;/m0./s1. The lowest BCUT2D eigenvalue weighted by Crippen LogP contribution is -2.57. The summed E-state index contributed by atoms with van der Waals surface area (Å²) in [4.78, 5) is 21.8. The second-order valence-electron chi connectivity index (χ2n) is 4.04. The van der Waals surface area contributed by atoms with E-state index < -0.39 is 29.9 Å². The molecule has 0 spiro atoms. The van der Waals surface area contributed by atoms with Gasteiger partial charge in [0.15, 0.2) is 6.04 Å². The Hall–Kier alpha value is -1.05. The van der Waals surface area contributed by atoms with E-state index in [1.807, 2.05) is 0 Å². The van der Waals surface area contributed by atoms with Gasteiger partial charge in [0, 0.05) is 0 Å². The average Bonchev–Trinajstić information content (AvgIpc) is 1.95. The van der Waals surface area contributed by atoms with E-state index in [-0.39, 0.29) is 12.4 Å². The van der Waals surface area contributed by atoms with Crippen LogP contribution in [0.3, 0.4) is 0 Å². The van der Waals surface area contributed by atoms with Gasteiger partial charge in [0.25, 0.3) is 0 Å². The summed E-state index contributed by atoms with van der Waals surface area (Å²) in [6.45, 7) is 4.97. The van der Waals surface area contributed by atoms with Crippen LogP contribution in [-0.2, 0) is 9.53 Å². The molecule has 0 radical (unpaired) electrons. The number of aliphatic carboxylic acids is 1. The van der Waals surface area contributed by atoms with Crippen LogP contribution in [0.1, 0.15) is 20.8 Å². The van der Waals surface area contributed by atoms with Gasteiger partial charge in [0.2, 0.25) is 0 Å². The van der Waals surface area contributed by atoms with Gasteiger partial charge in [0.1, 0.15) is 5.60 Å². The summed E-state index contributed by atoms with van der Waals surface area (Å²) in [7, 11) is 0. The smallest absolute Gasteiger partial charge is 0.408 e. The van der Waals surface area contributed by atoms with Gasteiger partial charge in [-0.2, -0.15) is 0 Å². The highest BCUT2D eigenvalue weighted by molar-refractivity contribution is 5.85. The summed E-state index contributed by atoms with van der Waals surface area (Å²) in [6.07, 6.45) is -2.05. The van der Waals surface area contributed by atoms with Crippen molar-refractivity contribution in [2.24, 2.45) is 11.5 Å².